The van der Waals surface area contributed by atoms with Crippen molar-refractivity contribution in [2.75, 3.05) is 0 Å². The van der Waals surface area contributed by atoms with Crippen LogP contribution in [0, 0.1) is 6.92 Å². The minimum Gasteiger partial charge on any atom is -0.281 e. The van der Waals surface area contributed by atoms with Gasteiger partial charge < -0.3 is 0 Å². The molecule has 0 radical (unpaired) electrons. The summed E-state index contributed by atoms with van der Waals surface area (Å²) >= 11 is 2.09. The Kier molecular flexibility index (Phi) is 3.96. The molecule has 0 aliphatic carbocycles. The molecule has 2 rings (SSSR count). The molecular formula is C12H8F3NOS2. The number of halogens is 3. The second kappa shape index (κ2) is 5.34. The van der Waals surface area contributed by atoms with Crippen LogP contribution in [0.1, 0.15) is 21.6 Å². The average Bonchev–Trinajstić information content (AvgIpc) is 2.80. The van der Waals surface area contributed by atoms with E-state index in [4.69, 9.17) is 0 Å². The average molecular weight is 303 g/mol. The summed E-state index contributed by atoms with van der Waals surface area (Å²) in [5.41, 5.74) is -1.22. The Morgan fingerprint density at radius 3 is 2.68 bits per heavy atom. The number of aromatic nitrogens is 1. The minimum atomic E-state index is -4.56. The number of hydrogen-bond donors (Lipinski definition) is 0. The van der Waals surface area contributed by atoms with E-state index in [0.717, 1.165) is 24.0 Å². The van der Waals surface area contributed by atoms with Crippen LogP contribution >= 0.6 is 23.1 Å². The number of pyridine rings is 1. The quantitative estimate of drug-likeness (QED) is 0.770. The molecule has 100 valence electrons. The topological polar surface area (TPSA) is 30.0 Å². The van der Waals surface area contributed by atoms with E-state index in [9.17, 15) is 18.0 Å². The number of carbonyl (C=O) groups excluding carboxylic acids is 1. The van der Waals surface area contributed by atoms with E-state index >= 15 is 0 Å². The van der Waals surface area contributed by atoms with Gasteiger partial charge in [0.05, 0.1) is 15.3 Å². The van der Waals surface area contributed by atoms with Gasteiger partial charge in [0.1, 0.15) is 0 Å². The van der Waals surface area contributed by atoms with Crippen LogP contribution in [0.2, 0.25) is 0 Å². The van der Waals surface area contributed by atoms with Gasteiger partial charge in [-0.3, -0.25) is 9.78 Å². The maximum atomic E-state index is 12.9. The molecule has 2 aromatic heterocycles. The lowest BCUT2D eigenvalue weighted by Gasteiger charge is -2.12. The lowest BCUT2D eigenvalue weighted by Crippen LogP contribution is -2.14. The molecule has 0 bridgehead atoms. The summed E-state index contributed by atoms with van der Waals surface area (Å²) in [6.07, 6.45) is -3.50. The molecule has 7 heteroatoms. The fourth-order valence-corrected chi connectivity index (χ4v) is 3.25. The molecule has 0 spiro atoms. The highest BCUT2D eigenvalue weighted by Gasteiger charge is 2.36. The fourth-order valence-electron chi connectivity index (χ4n) is 1.52. The molecule has 0 unspecified atom stereocenters. The number of thiophene rings is 1. The van der Waals surface area contributed by atoms with Gasteiger partial charge >= 0.3 is 6.18 Å². The smallest absolute Gasteiger partial charge is 0.281 e. The molecule has 2 nitrogen and oxygen atoms in total. The normalized spacial score (nSPS) is 11.6. The highest BCUT2D eigenvalue weighted by molar-refractivity contribution is 8.15. The van der Waals surface area contributed by atoms with E-state index in [1.807, 2.05) is 0 Å². The number of carbonyl (C=O) groups is 1. The molecule has 0 N–H and O–H groups in total. The number of hydrogen-bond acceptors (Lipinski definition) is 4. The first-order valence-corrected chi connectivity index (χ1v) is 6.87. The van der Waals surface area contributed by atoms with Gasteiger partial charge in [0, 0.05) is 11.9 Å². The number of nitrogens with zero attached hydrogens (tertiary/aromatic N) is 1. The molecule has 2 aromatic rings. The highest BCUT2D eigenvalue weighted by atomic mass is 32.2. The molecule has 0 atom stereocenters. The van der Waals surface area contributed by atoms with Gasteiger partial charge in [-0.2, -0.15) is 13.2 Å². The Morgan fingerprint density at radius 1 is 1.37 bits per heavy atom. The molecule has 0 aliphatic heterocycles. The van der Waals surface area contributed by atoms with Gasteiger partial charge in [-0.25, -0.2) is 0 Å². The third-order valence-corrected chi connectivity index (χ3v) is 4.27. The summed E-state index contributed by atoms with van der Waals surface area (Å²) in [6, 6.07) is 4.25. The van der Waals surface area contributed by atoms with E-state index < -0.39 is 16.9 Å². The fraction of sp³-hybridized carbons (Fsp3) is 0.167. The Labute approximate surface area is 115 Å². The van der Waals surface area contributed by atoms with Crippen LogP contribution in [0.25, 0.3) is 0 Å². The SMILES string of the molecule is Cc1nccc(C(F)(F)F)c1C(=O)Sc1cccs1. The van der Waals surface area contributed by atoms with Gasteiger partial charge in [-0.1, -0.05) is 6.07 Å². The largest absolute Gasteiger partial charge is 0.417 e. The van der Waals surface area contributed by atoms with E-state index in [0.29, 0.717) is 4.21 Å². The number of thioether (sulfide) groups is 1. The zero-order valence-electron chi connectivity index (χ0n) is 9.69. The van der Waals surface area contributed by atoms with E-state index in [1.165, 1.54) is 18.3 Å². The highest BCUT2D eigenvalue weighted by Crippen LogP contribution is 2.36. The van der Waals surface area contributed by atoms with E-state index in [1.54, 1.807) is 17.5 Å². The number of aryl methyl sites for hydroxylation is 1. The van der Waals surface area contributed by atoms with Crippen LogP contribution in [0.5, 0.6) is 0 Å². The summed E-state index contributed by atoms with van der Waals surface area (Å²) < 4.78 is 39.3. The zero-order chi connectivity index (χ0) is 14.0. The van der Waals surface area contributed by atoms with Gasteiger partial charge in [0.2, 0.25) is 5.12 Å². The standard InChI is InChI=1S/C12H8F3NOS2/c1-7-10(8(4-5-16-7)12(13,14)15)11(17)19-9-3-2-6-18-9/h2-6H,1H3. The zero-order valence-corrected chi connectivity index (χ0v) is 11.3. The number of alkyl halides is 3. The molecule has 0 aromatic carbocycles. The van der Waals surface area contributed by atoms with Crippen LogP contribution < -0.4 is 0 Å². The monoisotopic (exact) mass is 303 g/mol. The van der Waals surface area contributed by atoms with Crippen molar-refractivity contribution < 1.29 is 18.0 Å². The second-order valence-corrected chi connectivity index (χ2v) is 5.86. The summed E-state index contributed by atoms with van der Waals surface area (Å²) in [6.45, 7) is 1.40. The number of rotatable bonds is 2. The van der Waals surface area contributed by atoms with Gasteiger partial charge in [0.25, 0.3) is 0 Å². The molecular weight excluding hydrogens is 295 g/mol. The summed E-state index contributed by atoms with van der Waals surface area (Å²) in [7, 11) is 0. The first-order chi connectivity index (χ1) is 8.89. The minimum absolute atomic E-state index is 0.0869. The van der Waals surface area contributed by atoms with Crippen LogP contribution in [0.4, 0.5) is 13.2 Å². The van der Waals surface area contributed by atoms with Crippen molar-refractivity contribution in [2.24, 2.45) is 0 Å². The van der Waals surface area contributed by atoms with Crippen molar-refractivity contribution in [3.05, 3.63) is 46.6 Å². The molecule has 0 amide bonds. The molecule has 0 fully saturated rings. The molecule has 2 heterocycles. The summed E-state index contributed by atoms with van der Waals surface area (Å²) in [5.74, 6) is 0. The lowest BCUT2D eigenvalue weighted by molar-refractivity contribution is -0.138. The first kappa shape index (κ1) is 14.1. The third kappa shape index (κ3) is 3.16. The van der Waals surface area contributed by atoms with Crippen LogP contribution in [0.15, 0.2) is 34.0 Å². The van der Waals surface area contributed by atoms with Crippen molar-refractivity contribution in [1.29, 1.82) is 0 Å². The summed E-state index contributed by atoms with van der Waals surface area (Å²) in [5, 5.41) is 1.12. The Balaban J connectivity index is 2.41. The van der Waals surface area contributed by atoms with Gasteiger partial charge in [0.15, 0.2) is 0 Å². The maximum Gasteiger partial charge on any atom is 0.417 e. The van der Waals surface area contributed by atoms with Crippen molar-refractivity contribution in [2.45, 2.75) is 17.3 Å². The summed E-state index contributed by atoms with van der Waals surface area (Å²) in [4.78, 5) is 15.8. The van der Waals surface area contributed by atoms with Crippen LogP contribution in [-0.4, -0.2) is 10.1 Å². The molecule has 0 aliphatic rings. The lowest BCUT2D eigenvalue weighted by atomic mass is 10.1. The van der Waals surface area contributed by atoms with Crippen molar-refractivity contribution in [3.8, 4) is 0 Å². The second-order valence-electron chi connectivity index (χ2n) is 3.64. The van der Waals surface area contributed by atoms with Crippen molar-refractivity contribution >= 4 is 28.2 Å². The molecule has 0 saturated carbocycles. The van der Waals surface area contributed by atoms with Gasteiger partial charge in [-0.05, 0) is 36.2 Å². The van der Waals surface area contributed by atoms with E-state index in [-0.39, 0.29) is 11.3 Å². The Morgan fingerprint density at radius 2 is 2.11 bits per heavy atom. The molecule has 19 heavy (non-hydrogen) atoms. The Bertz CT molecular complexity index is 594. The van der Waals surface area contributed by atoms with Crippen LogP contribution in [0.3, 0.4) is 0 Å². The van der Waals surface area contributed by atoms with Gasteiger partial charge in [-0.15, -0.1) is 11.3 Å². The predicted octanol–water partition coefficient (Wildman–Crippen LogP) is 4.40. The van der Waals surface area contributed by atoms with Crippen molar-refractivity contribution in [3.63, 3.8) is 0 Å². The maximum absolute atomic E-state index is 12.9. The van der Waals surface area contributed by atoms with E-state index in [2.05, 4.69) is 4.98 Å². The molecule has 0 saturated heterocycles. The van der Waals surface area contributed by atoms with Crippen LogP contribution in [-0.2, 0) is 6.18 Å². The van der Waals surface area contributed by atoms with Crippen molar-refractivity contribution in [1.82, 2.24) is 4.98 Å². The Hall–Kier alpha value is -1.34. The predicted molar refractivity (Wildman–Crippen MR) is 68.5 cm³/mol. The first-order valence-electron chi connectivity index (χ1n) is 5.18. The third-order valence-electron chi connectivity index (χ3n) is 2.34.